The summed E-state index contributed by atoms with van der Waals surface area (Å²) in [5.74, 6) is 0.204. The van der Waals surface area contributed by atoms with Crippen LogP contribution >= 0.6 is 11.6 Å². The highest BCUT2D eigenvalue weighted by molar-refractivity contribution is 6.32. The molecule has 94 valence electrons. The molecule has 1 saturated heterocycles. The first-order valence-electron chi connectivity index (χ1n) is 6.00. The molecule has 1 fully saturated rings. The SMILES string of the molecule is CCC1COCCN1Cc1cccc(Cl)c1O. The summed E-state index contributed by atoms with van der Waals surface area (Å²) in [7, 11) is 0. The zero-order chi connectivity index (χ0) is 12.3. The number of hydrogen-bond acceptors (Lipinski definition) is 3. The number of phenolic OH excluding ortho intramolecular Hbond substituents is 1. The van der Waals surface area contributed by atoms with Crippen LogP contribution in [0.5, 0.6) is 5.75 Å². The molecule has 0 saturated carbocycles. The first-order chi connectivity index (χ1) is 8.22. The van der Waals surface area contributed by atoms with Gasteiger partial charge in [-0.05, 0) is 12.5 Å². The molecule has 1 aromatic carbocycles. The fraction of sp³-hybridized carbons (Fsp3) is 0.538. The van der Waals surface area contributed by atoms with Crippen LogP contribution < -0.4 is 0 Å². The molecule has 0 radical (unpaired) electrons. The maximum Gasteiger partial charge on any atom is 0.138 e. The van der Waals surface area contributed by atoms with Crippen LogP contribution in [0.2, 0.25) is 5.02 Å². The summed E-state index contributed by atoms with van der Waals surface area (Å²) in [5, 5.41) is 10.3. The van der Waals surface area contributed by atoms with E-state index in [9.17, 15) is 5.11 Å². The van der Waals surface area contributed by atoms with E-state index in [1.54, 1.807) is 6.07 Å². The molecule has 0 amide bonds. The third-order valence-corrected chi connectivity index (χ3v) is 3.57. The number of halogens is 1. The molecule has 1 atom stereocenters. The van der Waals surface area contributed by atoms with Crippen molar-refractivity contribution < 1.29 is 9.84 Å². The number of hydrogen-bond donors (Lipinski definition) is 1. The fourth-order valence-electron chi connectivity index (χ4n) is 2.18. The smallest absolute Gasteiger partial charge is 0.138 e. The molecule has 0 aliphatic carbocycles. The molecular formula is C13H18ClNO2. The number of para-hydroxylation sites is 1. The summed E-state index contributed by atoms with van der Waals surface area (Å²) in [6.07, 6.45) is 1.06. The van der Waals surface area contributed by atoms with Crippen molar-refractivity contribution in [2.45, 2.75) is 25.9 Å². The summed E-state index contributed by atoms with van der Waals surface area (Å²) < 4.78 is 5.46. The number of ether oxygens (including phenoxy) is 1. The first-order valence-corrected chi connectivity index (χ1v) is 6.38. The molecule has 1 aromatic rings. The third-order valence-electron chi connectivity index (χ3n) is 3.26. The van der Waals surface area contributed by atoms with Crippen LogP contribution in [0.4, 0.5) is 0 Å². The van der Waals surface area contributed by atoms with Gasteiger partial charge in [-0.25, -0.2) is 0 Å². The molecule has 0 aromatic heterocycles. The first kappa shape index (κ1) is 12.7. The van der Waals surface area contributed by atoms with Gasteiger partial charge in [0.25, 0.3) is 0 Å². The Morgan fingerprint density at radius 2 is 2.35 bits per heavy atom. The molecule has 1 heterocycles. The Morgan fingerprint density at radius 1 is 1.53 bits per heavy atom. The van der Waals surface area contributed by atoms with Gasteiger partial charge in [-0.15, -0.1) is 0 Å². The summed E-state index contributed by atoms with van der Waals surface area (Å²) in [4.78, 5) is 2.34. The maximum atomic E-state index is 9.90. The van der Waals surface area contributed by atoms with Crippen LogP contribution in [-0.4, -0.2) is 35.8 Å². The molecule has 1 aliphatic rings. The zero-order valence-corrected chi connectivity index (χ0v) is 10.8. The molecule has 0 bridgehead atoms. The largest absolute Gasteiger partial charge is 0.506 e. The predicted octanol–water partition coefficient (Wildman–Crippen LogP) is 2.66. The van der Waals surface area contributed by atoms with Crippen LogP contribution in [0, 0.1) is 0 Å². The lowest BCUT2D eigenvalue weighted by Crippen LogP contribution is -2.44. The molecule has 1 unspecified atom stereocenters. The van der Waals surface area contributed by atoms with Gasteiger partial charge in [0.05, 0.1) is 18.2 Å². The van der Waals surface area contributed by atoms with Gasteiger partial charge in [0.2, 0.25) is 0 Å². The second-order valence-corrected chi connectivity index (χ2v) is 4.76. The lowest BCUT2D eigenvalue weighted by atomic mass is 10.1. The minimum absolute atomic E-state index is 0.204. The van der Waals surface area contributed by atoms with E-state index in [1.807, 2.05) is 12.1 Å². The van der Waals surface area contributed by atoms with Gasteiger partial charge in [-0.3, -0.25) is 4.90 Å². The topological polar surface area (TPSA) is 32.7 Å². The van der Waals surface area contributed by atoms with Crippen molar-refractivity contribution in [1.82, 2.24) is 4.90 Å². The minimum atomic E-state index is 0.204. The number of phenols is 1. The van der Waals surface area contributed by atoms with Gasteiger partial charge in [0.1, 0.15) is 5.75 Å². The summed E-state index contributed by atoms with van der Waals surface area (Å²) in [6, 6.07) is 5.93. The van der Waals surface area contributed by atoms with Crippen molar-refractivity contribution in [3.63, 3.8) is 0 Å². The molecule has 4 heteroatoms. The zero-order valence-electron chi connectivity index (χ0n) is 10.0. The van der Waals surface area contributed by atoms with E-state index in [0.29, 0.717) is 11.1 Å². The molecule has 0 spiro atoms. The number of rotatable bonds is 3. The molecule has 17 heavy (non-hydrogen) atoms. The Morgan fingerprint density at radius 3 is 3.12 bits per heavy atom. The molecule has 1 N–H and O–H groups in total. The maximum absolute atomic E-state index is 9.90. The molecule has 2 rings (SSSR count). The highest BCUT2D eigenvalue weighted by Gasteiger charge is 2.22. The monoisotopic (exact) mass is 255 g/mol. The minimum Gasteiger partial charge on any atom is -0.506 e. The van der Waals surface area contributed by atoms with Gasteiger partial charge < -0.3 is 9.84 Å². The van der Waals surface area contributed by atoms with Crippen molar-refractivity contribution in [2.75, 3.05) is 19.8 Å². The van der Waals surface area contributed by atoms with Crippen molar-refractivity contribution in [2.24, 2.45) is 0 Å². The Labute approximate surface area is 107 Å². The van der Waals surface area contributed by atoms with Crippen LogP contribution in [0.3, 0.4) is 0 Å². The lowest BCUT2D eigenvalue weighted by molar-refractivity contribution is -0.0129. The van der Waals surface area contributed by atoms with Crippen LogP contribution in [-0.2, 0) is 11.3 Å². The van der Waals surface area contributed by atoms with E-state index < -0.39 is 0 Å². The standard InChI is InChI=1S/C13H18ClNO2/c1-2-11-9-17-7-6-15(11)8-10-4-3-5-12(14)13(10)16/h3-5,11,16H,2,6-9H2,1H3. The van der Waals surface area contributed by atoms with Crippen LogP contribution in [0.1, 0.15) is 18.9 Å². The van der Waals surface area contributed by atoms with E-state index in [2.05, 4.69) is 11.8 Å². The Hall–Kier alpha value is -0.770. The fourth-order valence-corrected chi connectivity index (χ4v) is 2.37. The molecule has 1 aliphatic heterocycles. The highest BCUT2D eigenvalue weighted by atomic mass is 35.5. The van der Waals surface area contributed by atoms with Gasteiger partial charge in [-0.2, -0.15) is 0 Å². The van der Waals surface area contributed by atoms with Crippen molar-refractivity contribution >= 4 is 11.6 Å². The lowest BCUT2D eigenvalue weighted by Gasteiger charge is -2.35. The third kappa shape index (κ3) is 2.92. The second-order valence-electron chi connectivity index (χ2n) is 4.36. The molecular weight excluding hydrogens is 238 g/mol. The Balaban J connectivity index is 2.11. The van der Waals surface area contributed by atoms with Crippen LogP contribution in [0.15, 0.2) is 18.2 Å². The Bertz CT molecular complexity index is 384. The molecule has 3 nitrogen and oxygen atoms in total. The van der Waals surface area contributed by atoms with E-state index in [-0.39, 0.29) is 5.75 Å². The van der Waals surface area contributed by atoms with E-state index in [1.165, 1.54) is 0 Å². The average molecular weight is 256 g/mol. The van der Waals surface area contributed by atoms with Gasteiger partial charge >= 0.3 is 0 Å². The van der Waals surface area contributed by atoms with Crippen molar-refractivity contribution in [1.29, 1.82) is 0 Å². The Kier molecular flexibility index (Phi) is 4.26. The van der Waals surface area contributed by atoms with Gasteiger partial charge in [-0.1, -0.05) is 30.7 Å². The van der Waals surface area contributed by atoms with E-state index in [4.69, 9.17) is 16.3 Å². The number of aromatic hydroxyl groups is 1. The number of benzene rings is 1. The number of morpholine rings is 1. The van der Waals surface area contributed by atoms with Gasteiger partial charge in [0.15, 0.2) is 0 Å². The number of nitrogens with zero attached hydrogens (tertiary/aromatic N) is 1. The van der Waals surface area contributed by atoms with Crippen LogP contribution in [0.25, 0.3) is 0 Å². The quantitative estimate of drug-likeness (QED) is 0.901. The second kappa shape index (κ2) is 5.71. The highest BCUT2D eigenvalue weighted by Crippen LogP contribution is 2.28. The summed E-state index contributed by atoms with van der Waals surface area (Å²) in [5.41, 5.74) is 0.887. The predicted molar refractivity (Wildman–Crippen MR) is 68.4 cm³/mol. The summed E-state index contributed by atoms with van der Waals surface area (Å²) >= 11 is 5.91. The average Bonchev–Trinajstić information content (AvgIpc) is 2.35. The normalized spacial score (nSPS) is 21.6. The van der Waals surface area contributed by atoms with Gasteiger partial charge in [0, 0.05) is 24.7 Å². The van der Waals surface area contributed by atoms with E-state index in [0.717, 1.165) is 38.3 Å². The van der Waals surface area contributed by atoms with Crippen molar-refractivity contribution in [3.05, 3.63) is 28.8 Å². The van der Waals surface area contributed by atoms with Crippen molar-refractivity contribution in [3.8, 4) is 5.75 Å². The van der Waals surface area contributed by atoms with E-state index >= 15 is 0 Å². The summed E-state index contributed by atoms with van der Waals surface area (Å²) in [6.45, 7) is 5.33.